The molecule has 0 bridgehead atoms. The number of benzene rings is 2. The number of anilines is 1. The minimum atomic E-state index is -0.348. The lowest BCUT2D eigenvalue weighted by molar-refractivity contribution is -0.113. The molecule has 0 aliphatic heterocycles. The Hall–Kier alpha value is -2.36. The van der Waals surface area contributed by atoms with Gasteiger partial charge in [-0.25, -0.2) is 0 Å². The van der Waals surface area contributed by atoms with Crippen LogP contribution in [0.2, 0.25) is 5.02 Å². The Kier molecular flexibility index (Phi) is 7.74. The maximum absolute atomic E-state index is 12.5. The quantitative estimate of drug-likeness (QED) is 0.437. The van der Waals surface area contributed by atoms with Gasteiger partial charge in [-0.1, -0.05) is 41.1 Å². The van der Waals surface area contributed by atoms with E-state index in [9.17, 15) is 9.59 Å². The van der Waals surface area contributed by atoms with E-state index in [1.54, 1.807) is 41.9 Å². The van der Waals surface area contributed by atoms with E-state index < -0.39 is 0 Å². The zero-order valence-electron chi connectivity index (χ0n) is 17.1. The average Bonchev–Trinajstić information content (AvgIpc) is 3.10. The number of hydrogen-bond donors (Lipinski definition) is 2. The molecule has 0 saturated heterocycles. The first-order valence-corrected chi connectivity index (χ1v) is 11.5. The predicted octanol–water partition coefficient (Wildman–Crippen LogP) is 4.76. The van der Waals surface area contributed by atoms with Crippen LogP contribution in [0.1, 0.15) is 34.7 Å². The van der Waals surface area contributed by atoms with Gasteiger partial charge in [0, 0.05) is 22.8 Å². The fraction of sp³-hybridized carbons (Fsp3) is 0.238. The number of hydrogen-bond acceptors (Lipinski definition) is 5. The SMILES string of the molecule is Cc1ccc(C(=O)N[C@H](C)c2nnc(SCC(=O)Nc3ccc(Br)c(Cl)c3)n2C)cc1. The predicted molar refractivity (Wildman–Crippen MR) is 127 cm³/mol. The van der Waals surface area contributed by atoms with E-state index in [0.29, 0.717) is 27.3 Å². The maximum Gasteiger partial charge on any atom is 0.251 e. The number of thioether (sulfide) groups is 1. The van der Waals surface area contributed by atoms with Gasteiger partial charge in [0.15, 0.2) is 11.0 Å². The highest BCUT2D eigenvalue weighted by atomic mass is 79.9. The second-order valence-electron chi connectivity index (χ2n) is 6.93. The van der Waals surface area contributed by atoms with Gasteiger partial charge in [-0.15, -0.1) is 10.2 Å². The topological polar surface area (TPSA) is 88.9 Å². The summed E-state index contributed by atoms with van der Waals surface area (Å²) in [7, 11) is 1.80. The van der Waals surface area contributed by atoms with Crippen LogP contribution in [0.4, 0.5) is 5.69 Å². The Bertz CT molecular complexity index is 1100. The summed E-state index contributed by atoms with van der Waals surface area (Å²) in [4.78, 5) is 24.7. The lowest BCUT2D eigenvalue weighted by Crippen LogP contribution is -2.28. The average molecular weight is 523 g/mol. The van der Waals surface area contributed by atoms with Crippen LogP contribution < -0.4 is 10.6 Å². The van der Waals surface area contributed by atoms with Crippen LogP contribution in [-0.2, 0) is 11.8 Å². The van der Waals surface area contributed by atoms with Gasteiger partial charge >= 0.3 is 0 Å². The van der Waals surface area contributed by atoms with E-state index >= 15 is 0 Å². The molecule has 1 heterocycles. The third-order valence-electron chi connectivity index (χ3n) is 4.45. The lowest BCUT2D eigenvalue weighted by atomic mass is 10.1. The molecule has 0 unspecified atom stereocenters. The van der Waals surface area contributed by atoms with Crippen LogP contribution in [0.15, 0.2) is 52.1 Å². The highest BCUT2D eigenvalue weighted by Gasteiger charge is 2.19. The Morgan fingerprint density at radius 2 is 1.90 bits per heavy atom. The second-order valence-corrected chi connectivity index (χ2v) is 9.13. The summed E-state index contributed by atoms with van der Waals surface area (Å²) in [5.74, 6) is 0.387. The number of carbonyl (C=O) groups is 2. The summed E-state index contributed by atoms with van der Waals surface area (Å²) in [6, 6.07) is 12.2. The summed E-state index contributed by atoms with van der Waals surface area (Å²) in [6.45, 7) is 3.81. The number of amides is 2. The van der Waals surface area contributed by atoms with Gasteiger partial charge in [0.05, 0.1) is 16.8 Å². The minimum absolute atomic E-state index is 0.157. The fourth-order valence-corrected chi connectivity index (χ4v) is 3.92. The van der Waals surface area contributed by atoms with Crippen molar-refractivity contribution >= 4 is 56.8 Å². The molecule has 3 rings (SSSR count). The normalized spacial score (nSPS) is 11.8. The minimum Gasteiger partial charge on any atom is -0.342 e. The molecule has 2 amide bonds. The molecule has 162 valence electrons. The molecule has 2 N–H and O–H groups in total. The van der Waals surface area contributed by atoms with E-state index in [1.807, 2.05) is 26.0 Å². The van der Waals surface area contributed by atoms with Gasteiger partial charge in [0.1, 0.15) is 0 Å². The zero-order valence-corrected chi connectivity index (χ0v) is 20.3. The van der Waals surface area contributed by atoms with Gasteiger partial charge in [-0.3, -0.25) is 9.59 Å². The smallest absolute Gasteiger partial charge is 0.251 e. The fourth-order valence-electron chi connectivity index (χ4n) is 2.78. The monoisotopic (exact) mass is 521 g/mol. The Balaban J connectivity index is 1.57. The zero-order chi connectivity index (χ0) is 22.5. The number of rotatable bonds is 7. The van der Waals surface area contributed by atoms with Crippen LogP contribution >= 0.6 is 39.3 Å². The van der Waals surface area contributed by atoms with Crippen molar-refractivity contribution in [1.29, 1.82) is 0 Å². The van der Waals surface area contributed by atoms with Crippen LogP contribution in [-0.4, -0.2) is 32.3 Å². The van der Waals surface area contributed by atoms with E-state index in [2.05, 4.69) is 36.8 Å². The van der Waals surface area contributed by atoms with E-state index in [0.717, 1.165) is 10.0 Å². The third-order valence-corrected chi connectivity index (χ3v) is 6.71. The largest absolute Gasteiger partial charge is 0.342 e. The van der Waals surface area contributed by atoms with Gasteiger partial charge < -0.3 is 15.2 Å². The molecule has 31 heavy (non-hydrogen) atoms. The molecule has 0 radical (unpaired) electrons. The summed E-state index contributed by atoms with van der Waals surface area (Å²) in [6.07, 6.45) is 0. The standard InChI is InChI=1S/C21H21BrClN5O2S/c1-12-4-6-14(7-5-12)20(30)24-13(2)19-26-27-21(28(19)3)31-11-18(29)25-15-8-9-16(22)17(23)10-15/h4-10,13H,11H2,1-3H3,(H,24,30)(H,25,29)/t13-/m1/s1. The molecule has 2 aromatic carbocycles. The molecule has 7 nitrogen and oxygen atoms in total. The van der Waals surface area contributed by atoms with Crippen molar-refractivity contribution in [1.82, 2.24) is 20.1 Å². The van der Waals surface area contributed by atoms with Gasteiger partial charge in [-0.05, 0) is 60.1 Å². The lowest BCUT2D eigenvalue weighted by Gasteiger charge is -2.13. The molecular formula is C21H21BrClN5O2S. The van der Waals surface area contributed by atoms with Crippen molar-refractivity contribution in [2.45, 2.75) is 25.0 Å². The first-order chi connectivity index (χ1) is 14.7. The molecule has 0 fully saturated rings. The second kappa shape index (κ2) is 10.3. The molecule has 1 aromatic heterocycles. The summed E-state index contributed by atoms with van der Waals surface area (Å²) in [5, 5.41) is 15.2. The van der Waals surface area contributed by atoms with Crippen LogP contribution in [0.3, 0.4) is 0 Å². The molecule has 0 spiro atoms. The van der Waals surface area contributed by atoms with Crippen molar-refractivity contribution in [2.75, 3.05) is 11.1 Å². The van der Waals surface area contributed by atoms with Gasteiger partial charge in [0.25, 0.3) is 5.91 Å². The van der Waals surface area contributed by atoms with Crippen molar-refractivity contribution < 1.29 is 9.59 Å². The van der Waals surface area contributed by atoms with Gasteiger partial charge in [0.2, 0.25) is 5.91 Å². The van der Waals surface area contributed by atoms with Crippen LogP contribution in [0, 0.1) is 6.92 Å². The molecule has 0 aliphatic carbocycles. The Morgan fingerprint density at radius 3 is 2.58 bits per heavy atom. The molecule has 10 heteroatoms. The Labute approximate surface area is 198 Å². The van der Waals surface area contributed by atoms with Crippen LogP contribution in [0.25, 0.3) is 0 Å². The molecule has 0 aliphatic rings. The number of carbonyl (C=O) groups excluding carboxylic acids is 2. The highest BCUT2D eigenvalue weighted by molar-refractivity contribution is 9.10. The van der Waals surface area contributed by atoms with Gasteiger partial charge in [-0.2, -0.15) is 0 Å². The molecule has 3 aromatic rings. The van der Waals surface area contributed by atoms with E-state index in [1.165, 1.54) is 11.8 Å². The van der Waals surface area contributed by atoms with E-state index in [4.69, 9.17) is 11.6 Å². The highest BCUT2D eigenvalue weighted by Crippen LogP contribution is 2.26. The number of nitrogens with zero attached hydrogens (tertiary/aromatic N) is 3. The Morgan fingerprint density at radius 1 is 1.19 bits per heavy atom. The van der Waals surface area contributed by atoms with E-state index in [-0.39, 0.29) is 23.6 Å². The molecule has 1 atom stereocenters. The first kappa shape index (κ1) is 23.3. The first-order valence-electron chi connectivity index (χ1n) is 9.39. The number of nitrogens with one attached hydrogen (secondary N) is 2. The third kappa shape index (κ3) is 6.09. The van der Waals surface area contributed by atoms with Crippen molar-refractivity contribution in [2.24, 2.45) is 7.05 Å². The molecule has 0 saturated carbocycles. The number of halogens is 2. The number of aromatic nitrogens is 3. The summed E-state index contributed by atoms with van der Waals surface area (Å²) < 4.78 is 2.53. The van der Waals surface area contributed by atoms with Crippen LogP contribution in [0.5, 0.6) is 0 Å². The molecular weight excluding hydrogens is 502 g/mol. The van der Waals surface area contributed by atoms with Crippen molar-refractivity contribution in [3.8, 4) is 0 Å². The van der Waals surface area contributed by atoms with Crippen molar-refractivity contribution in [3.63, 3.8) is 0 Å². The van der Waals surface area contributed by atoms with Crippen molar-refractivity contribution in [3.05, 3.63) is 68.9 Å². The summed E-state index contributed by atoms with van der Waals surface area (Å²) in [5.41, 5.74) is 2.29. The maximum atomic E-state index is 12.5. The summed E-state index contributed by atoms with van der Waals surface area (Å²) >= 11 is 10.6. The number of aryl methyl sites for hydroxylation is 1.